The predicted molar refractivity (Wildman–Crippen MR) is 60.2 cm³/mol. The van der Waals surface area contributed by atoms with Crippen molar-refractivity contribution in [1.29, 1.82) is 0 Å². The van der Waals surface area contributed by atoms with Crippen LogP contribution in [0.5, 0.6) is 0 Å². The average Bonchev–Trinajstić information content (AvgIpc) is 1.87. The maximum absolute atomic E-state index is 4.27. The minimum absolute atomic E-state index is 0.493. The van der Waals surface area contributed by atoms with E-state index < -0.39 is 0 Å². The number of hydrogen-bond donors (Lipinski definition) is 0. The van der Waals surface area contributed by atoms with E-state index in [0.717, 1.165) is 9.28 Å². The number of hydrogen-bond acceptors (Lipinski definition) is 1. The highest BCUT2D eigenvalue weighted by molar-refractivity contribution is 14.1. The molecule has 0 aliphatic rings. The third-order valence-corrected chi connectivity index (χ3v) is 1.52. The Kier molecular flexibility index (Phi) is 5.46. The highest BCUT2D eigenvalue weighted by Gasteiger charge is 1.97. The highest BCUT2D eigenvalue weighted by atomic mass is 127. The van der Waals surface area contributed by atoms with Gasteiger partial charge >= 0.3 is 0 Å². The molecule has 0 heterocycles. The molecule has 0 unspecified atom stereocenters. The van der Waals surface area contributed by atoms with Gasteiger partial charge in [0.1, 0.15) is 0 Å². The first-order chi connectivity index (χ1) is 5.07. The molecule has 0 saturated carbocycles. The number of rotatable bonds is 3. The van der Waals surface area contributed by atoms with Crippen LogP contribution in [-0.2, 0) is 0 Å². The summed E-state index contributed by atoms with van der Waals surface area (Å²) < 4.78 is 0.961. The molecule has 11 heavy (non-hydrogen) atoms. The SMILES string of the molecule is C=C(I)/C=N\C(=C/C)C(C)C. The molecule has 0 aliphatic carbocycles. The van der Waals surface area contributed by atoms with Crippen LogP contribution < -0.4 is 0 Å². The third kappa shape index (κ3) is 5.18. The van der Waals surface area contributed by atoms with Crippen molar-refractivity contribution in [2.45, 2.75) is 20.8 Å². The molecule has 0 bridgehead atoms. The molecule has 0 saturated heterocycles. The number of halogens is 1. The third-order valence-electron chi connectivity index (χ3n) is 1.24. The van der Waals surface area contributed by atoms with Crippen LogP contribution in [0.3, 0.4) is 0 Å². The smallest absolute Gasteiger partial charge is 0.0398 e. The fraction of sp³-hybridized carbons (Fsp3) is 0.444. The zero-order chi connectivity index (χ0) is 8.85. The lowest BCUT2D eigenvalue weighted by molar-refractivity contribution is 0.757. The average molecular weight is 263 g/mol. The molecule has 2 heteroatoms. The van der Waals surface area contributed by atoms with Crippen LogP contribution in [0, 0.1) is 5.92 Å². The van der Waals surface area contributed by atoms with Gasteiger partial charge in [0.2, 0.25) is 0 Å². The zero-order valence-corrected chi connectivity index (χ0v) is 9.42. The standard InChI is InChI=1S/C9H14IN/c1-5-9(7(2)3)11-6-8(4)10/h5-7H,4H2,1-3H3/b9-5-,11-6-. The lowest BCUT2D eigenvalue weighted by Crippen LogP contribution is -1.90. The van der Waals surface area contributed by atoms with Crippen LogP contribution in [0.2, 0.25) is 0 Å². The van der Waals surface area contributed by atoms with Gasteiger partial charge in [-0.2, -0.15) is 0 Å². The molecular formula is C9H14IN. The quantitative estimate of drug-likeness (QED) is 0.545. The van der Waals surface area contributed by atoms with Crippen LogP contribution in [-0.4, -0.2) is 6.21 Å². The normalized spacial score (nSPS) is 13.0. The largest absolute Gasteiger partial charge is 0.260 e. The van der Waals surface area contributed by atoms with E-state index in [4.69, 9.17) is 0 Å². The van der Waals surface area contributed by atoms with Gasteiger partial charge < -0.3 is 0 Å². The van der Waals surface area contributed by atoms with E-state index >= 15 is 0 Å². The molecule has 0 aromatic carbocycles. The molecule has 0 amide bonds. The first-order valence-electron chi connectivity index (χ1n) is 3.62. The monoisotopic (exact) mass is 263 g/mol. The van der Waals surface area contributed by atoms with Gasteiger partial charge in [-0.1, -0.05) is 26.5 Å². The summed E-state index contributed by atoms with van der Waals surface area (Å²) in [7, 11) is 0. The second-order valence-electron chi connectivity index (χ2n) is 2.57. The Hall–Kier alpha value is -0.120. The fourth-order valence-electron chi connectivity index (χ4n) is 0.702. The molecule has 0 spiro atoms. The van der Waals surface area contributed by atoms with Crippen LogP contribution >= 0.6 is 22.6 Å². The summed E-state index contributed by atoms with van der Waals surface area (Å²) in [5.74, 6) is 0.493. The van der Waals surface area contributed by atoms with Crippen molar-refractivity contribution in [2.75, 3.05) is 0 Å². The van der Waals surface area contributed by atoms with Gasteiger partial charge in [-0.15, -0.1) is 0 Å². The lowest BCUT2D eigenvalue weighted by Gasteiger charge is -2.02. The minimum atomic E-state index is 0.493. The Morgan fingerprint density at radius 2 is 2.09 bits per heavy atom. The lowest BCUT2D eigenvalue weighted by atomic mass is 10.1. The van der Waals surface area contributed by atoms with Gasteiger partial charge in [0.25, 0.3) is 0 Å². The Labute approximate surface area is 82.4 Å². The summed E-state index contributed by atoms with van der Waals surface area (Å²) in [4.78, 5) is 4.27. The second kappa shape index (κ2) is 5.52. The van der Waals surface area contributed by atoms with Gasteiger partial charge in [-0.3, -0.25) is 4.99 Å². The summed E-state index contributed by atoms with van der Waals surface area (Å²) in [6.07, 6.45) is 3.82. The van der Waals surface area contributed by atoms with Gasteiger partial charge in [-0.05, 0) is 35.4 Å². The van der Waals surface area contributed by atoms with Crippen molar-refractivity contribution in [3.8, 4) is 0 Å². The van der Waals surface area contributed by atoms with E-state index in [9.17, 15) is 0 Å². The number of nitrogens with zero attached hydrogens (tertiary/aromatic N) is 1. The maximum atomic E-state index is 4.27. The van der Waals surface area contributed by atoms with Gasteiger partial charge in [-0.25, -0.2) is 0 Å². The second-order valence-corrected chi connectivity index (χ2v) is 3.96. The zero-order valence-electron chi connectivity index (χ0n) is 7.26. The molecular weight excluding hydrogens is 249 g/mol. The highest BCUT2D eigenvalue weighted by Crippen LogP contribution is 2.10. The fourth-order valence-corrected chi connectivity index (χ4v) is 0.841. The molecule has 0 N–H and O–H groups in total. The van der Waals surface area contributed by atoms with Crippen molar-refractivity contribution in [3.05, 3.63) is 21.9 Å². The Balaban J connectivity index is 4.22. The van der Waals surface area contributed by atoms with E-state index in [0.29, 0.717) is 5.92 Å². The van der Waals surface area contributed by atoms with E-state index in [1.807, 2.05) is 13.0 Å². The molecule has 0 rings (SSSR count). The molecule has 1 nitrogen and oxygen atoms in total. The van der Waals surface area contributed by atoms with Crippen LogP contribution in [0.1, 0.15) is 20.8 Å². The van der Waals surface area contributed by atoms with Gasteiger partial charge in [0, 0.05) is 15.5 Å². The van der Waals surface area contributed by atoms with Crippen LogP contribution in [0.25, 0.3) is 0 Å². The van der Waals surface area contributed by atoms with Crippen molar-refractivity contribution >= 4 is 28.8 Å². The van der Waals surface area contributed by atoms with Crippen LogP contribution in [0.15, 0.2) is 26.9 Å². The molecule has 0 atom stereocenters. The van der Waals surface area contributed by atoms with E-state index in [1.165, 1.54) is 0 Å². The topological polar surface area (TPSA) is 12.4 Å². The van der Waals surface area contributed by atoms with Crippen molar-refractivity contribution in [3.63, 3.8) is 0 Å². The van der Waals surface area contributed by atoms with E-state index in [2.05, 4.69) is 48.0 Å². The Morgan fingerprint density at radius 3 is 2.36 bits per heavy atom. The van der Waals surface area contributed by atoms with Crippen molar-refractivity contribution in [2.24, 2.45) is 10.9 Å². The summed E-state index contributed by atoms with van der Waals surface area (Å²) in [5, 5.41) is 0. The molecule has 0 radical (unpaired) electrons. The Morgan fingerprint density at radius 1 is 1.55 bits per heavy atom. The molecule has 62 valence electrons. The molecule has 0 aromatic heterocycles. The van der Waals surface area contributed by atoms with Gasteiger partial charge in [0.15, 0.2) is 0 Å². The summed E-state index contributed by atoms with van der Waals surface area (Å²) in [5.41, 5.74) is 1.11. The Bertz CT molecular complexity index is 190. The summed E-state index contributed by atoms with van der Waals surface area (Å²) >= 11 is 2.14. The van der Waals surface area contributed by atoms with E-state index in [1.54, 1.807) is 6.21 Å². The number of allylic oxidation sites excluding steroid dienone is 3. The minimum Gasteiger partial charge on any atom is -0.260 e. The van der Waals surface area contributed by atoms with Gasteiger partial charge in [0.05, 0.1) is 0 Å². The predicted octanol–water partition coefficient (Wildman–Crippen LogP) is 3.57. The number of aliphatic imine (C=N–C) groups is 1. The molecule has 0 aliphatic heterocycles. The first kappa shape index (κ1) is 10.9. The summed E-state index contributed by atoms with van der Waals surface area (Å²) in [6, 6.07) is 0. The maximum Gasteiger partial charge on any atom is 0.0398 e. The first-order valence-corrected chi connectivity index (χ1v) is 4.70. The molecule has 0 aromatic rings. The van der Waals surface area contributed by atoms with Crippen LogP contribution in [0.4, 0.5) is 0 Å². The molecule has 0 fully saturated rings. The van der Waals surface area contributed by atoms with Crippen molar-refractivity contribution < 1.29 is 0 Å². The van der Waals surface area contributed by atoms with E-state index in [-0.39, 0.29) is 0 Å². The van der Waals surface area contributed by atoms with Crippen molar-refractivity contribution in [1.82, 2.24) is 0 Å². The summed E-state index contributed by atoms with van der Waals surface area (Å²) in [6.45, 7) is 9.99.